The fourth-order valence-corrected chi connectivity index (χ4v) is 5.36. The van der Waals surface area contributed by atoms with E-state index in [0.29, 0.717) is 24.3 Å². The Morgan fingerprint density at radius 3 is 2.46 bits per heavy atom. The van der Waals surface area contributed by atoms with Gasteiger partial charge < -0.3 is 21.3 Å². The fraction of sp³-hybridized carbons (Fsp3) is 0.385. The summed E-state index contributed by atoms with van der Waals surface area (Å²) in [4.78, 5) is 52.5. The summed E-state index contributed by atoms with van der Waals surface area (Å²) >= 11 is 0. The number of hydrogen-bond acceptors (Lipinski definition) is 8. The van der Waals surface area contributed by atoms with Gasteiger partial charge in [0.25, 0.3) is 0 Å². The van der Waals surface area contributed by atoms with Crippen LogP contribution in [0.1, 0.15) is 31.2 Å². The Morgan fingerprint density at radius 1 is 1.15 bits per heavy atom. The lowest BCUT2D eigenvalue weighted by atomic mass is 10.1. The molecule has 0 unspecified atom stereocenters. The molecular formula is C26H34N8O6S+. The average molecular weight is 587 g/mol. The molecule has 2 aromatic carbocycles. The van der Waals surface area contributed by atoms with Gasteiger partial charge in [-0.05, 0) is 56.9 Å². The van der Waals surface area contributed by atoms with Gasteiger partial charge in [-0.3, -0.25) is 19.8 Å². The highest BCUT2D eigenvalue weighted by atomic mass is 32.2. The Kier molecular flexibility index (Phi) is 10.9. The summed E-state index contributed by atoms with van der Waals surface area (Å²) < 4.78 is 27.5. The number of guanidine groups is 1. The highest BCUT2D eigenvalue weighted by molar-refractivity contribution is 7.89. The standard InChI is InChI=1S/C26H34N8O6S/c1-18-11-13-20(14-12-18)41(39,40)30-17-23(35)33-16-6-10-22(33)24(36)31-21(9-5-15-29-26(27)28)25(37)34(32-38)19-7-3-2-4-8-19/h2-4,7-8,11-14,21-22,30H,5-6,9-10,15-17H2,1H3,(H,31,36)(H4,27,28,29)/q+1/t21-,22-/m0/s1. The summed E-state index contributed by atoms with van der Waals surface area (Å²) in [5, 5.41) is 16.0. The zero-order valence-corrected chi connectivity index (χ0v) is 23.4. The Balaban J connectivity index is 1.69. The first-order valence-corrected chi connectivity index (χ1v) is 14.5. The number of nitroso groups, excluding NO2 is 1. The molecule has 14 nitrogen and oxygen atoms in total. The number of benzene rings is 2. The van der Waals surface area contributed by atoms with Crippen molar-refractivity contribution in [2.24, 2.45) is 5.73 Å². The first kappa shape index (κ1) is 31.2. The second-order valence-electron chi connectivity index (χ2n) is 9.49. The molecule has 1 heterocycles. The van der Waals surface area contributed by atoms with Crippen LogP contribution >= 0.6 is 0 Å². The number of nitrogens with one attached hydrogen (secondary N) is 4. The molecule has 1 radical (unpaired) electrons. The molecule has 3 amide bonds. The normalized spacial score (nSPS) is 15.5. The summed E-state index contributed by atoms with van der Waals surface area (Å²) in [5.41, 5.74) is 6.40. The molecule has 0 bridgehead atoms. The number of para-hydroxylation sites is 1. The van der Waals surface area contributed by atoms with Gasteiger partial charge in [0.2, 0.25) is 21.8 Å². The van der Waals surface area contributed by atoms with Crippen molar-refractivity contribution >= 4 is 39.4 Å². The highest BCUT2D eigenvalue weighted by Gasteiger charge is 2.39. The van der Waals surface area contributed by atoms with Crippen molar-refractivity contribution in [1.29, 1.82) is 5.41 Å². The lowest BCUT2D eigenvalue weighted by Gasteiger charge is -2.26. The van der Waals surface area contributed by atoms with Crippen LogP contribution in [0.2, 0.25) is 0 Å². The highest BCUT2D eigenvalue weighted by Crippen LogP contribution is 2.19. The molecule has 219 valence electrons. The first-order chi connectivity index (χ1) is 19.5. The second-order valence-corrected chi connectivity index (χ2v) is 11.3. The van der Waals surface area contributed by atoms with Crippen molar-refractivity contribution in [3.63, 3.8) is 0 Å². The number of amides is 3. The van der Waals surface area contributed by atoms with E-state index in [4.69, 9.17) is 11.1 Å². The van der Waals surface area contributed by atoms with E-state index < -0.39 is 46.4 Å². The predicted molar refractivity (Wildman–Crippen MR) is 152 cm³/mol. The van der Waals surface area contributed by atoms with E-state index in [1.54, 1.807) is 30.3 Å². The molecule has 6 N–H and O–H groups in total. The second kappa shape index (κ2) is 14.3. The molecule has 41 heavy (non-hydrogen) atoms. The number of rotatable bonds is 13. The van der Waals surface area contributed by atoms with E-state index in [0.717, 1.165) is 5.56 Å². The Hall–Kier alpha value is -4.37. The smallest absolute Gasteiger partial charge is 0.370 e. The third-order valence-electron chi connectivity index (χ3n) is 6.51. The Labute approximate surface area is 238 Å². The minimum absolute atomic E-state index is 0.0130. The molecule has 15 heteroatoms. The van der Waals surface area contributed by atoms with E-state index in [-0.39, 0.29) is 36.1 Å². The molecule has 2 atom stereocenters. The number of sulfonamides is 1. The topological polar surface area (TPSA) is 209 Å². The first-order valence-electron chi connectivity index (χ1n) is 13.0. The van der Waals surface area contributed by atoms with Gasteiger partial charge in [-0.15, -0.1) is 0 Å². The monoisotopic (exact) mass is 586 g/mol. The lowest BCUT2D eigenvalue weighted by molar-refractivity contribution is -0.138. The molecule has 0 spiro atoms. The van der Waals surface area contributed by atoms with Crippen molar-refractivity contribution in [1.82, 2.24) is 25.5 Å². The lowest BCUT2D eigenvalue weighted by Crippen LogP contribution is -2.55. The van der Waals surface area contributed by atoms with E-state index >= 15 is 0 Å². The van der Waals surface area contributed by atoms with E-state index in [9.17, 15) is 27.7 Å². The van der Waals surface area contributed by atoms with Gasteiger partial charge in [-0.25, -0.2) is 13.1 Å². The summed E-state index contributed by atoms with van der Waals surface area (Å²) in [6.45, 7) is 1.75. The van der Waals surface area contributed by atoms with Gasteiger partial charge in [-0.2, -0.15) is 0 Å². The largest absolute Gasteiger partial charge is 0.494 e. The van der Waals surface area contributed by atoms with Crippen molar-refractivity contribution in [2.45, 2.75) is 49.6 Å². The van der Waals surface area contributed by atoms with Gasteiger partial charge in [0.15, 0.2) is 5.96 Å². The summed E-state index contributed by atoms with van der Waals surface area (Å²) in [5.74, 6) is -2.24. The van der Waals surface area contributed by atoms with Crippen LogP contribution in [0.15, 0.2) is 59.5 Å². The van der Waals surface area contributed by atoms with Crippen LogP contribution in [0.3, 0.4) is 0 Å². The van der Waals surface area contributed by atoms with Gasteiger partial charge in [-0.1, -0.05) is 35.9 Å². The van der Waals surface area contributed by atoms with Gasteiger partial charge in [0.1, 0.15) is 22.7 Å². The SMILES string of the molecule is Cc1ccc(S(=O)(=O)NCC(=O)N2CCC[C@H]2C(=O)N[C@@H](CCCNC(=N)N)C(=O)N([N+]=O)c2ccccc2)cc1. The summed E-state index contributed by atoms with van der Waals surface area (Å²) in [6, 6.07) is 12.0. The molecule has 2 aromatic rings. The summed E-state index contributed by atoms with van der Waals surface area (Å²) in [6.07, 6.45) is 1.21. The van der Waals surface area contributed by atoms with Crippen LogP contribution in [0.5, 0.6) is 0 Å². The maximum Gasteiger partial charge on any atom is 0.494 e. The number of aryl methyl sites for hydroxylation is 1. The molecular weight excluding hydrogens is 552 g/mol. The number of nitrogens with zero attached hydrogens (tertiary/aromatic N) is 3. The number of nitrogens with two attached hydrogens (primary N) is 1. The minimum Gasteiger partial charge on any atom is -0.370 e. The fourth-order valence-electron chi connectivity index (χ4n) is 4.38. The molecule has 1 aliphatic rings. The quantitative estimate of drug-likeness (QED) is 0.0936. The van der Waals surface area contributed by atoms with E-state index in [2.05, 4.69) is 20.6 Å². The number of likely N-dealkylation sites (tertiary alicyclic amines) is 1. The van der Waals surface area contributed by atoms with Crippen molar-refractivity contribution in [3.05, 3.63) is 65.1 Å². The van der Waals surface area contributed by atoms with Crippen LogP contribution in [-0.2, 0) is 24.4 Å². The van der Waals surface area contributed by atoms with Crippen LogP contribution in [-0.4, -0.2) is 68.7 Å². The predicted octanol–water partition coefficient (Wildman–Crippen LogP) is 0.0628. The zero-order valence-electron chi connectivity index (χ0n) is 22.6. The van der Waals surface area contributed by atoms with E-state index in [1.165, 1.54) is 29.2 Å². The van der Waals surface area contributed by atoms with Crippen LogP contribution in [0.25, 0.3) is 0 Å². The molecule has 3 rings (SSSR count). The van der Waals surface area contributed by atoms with Crippen LogP contribution in [0, 0.1) is 17.2 Å². The van der Waals surface area contributed by atoms with Gasteiger partial charge in [0, 0.05) is 18.1 Å². The van der Waals surface area contributed by atoms with Crippen molar-refractivity contribution < 1.29 is 22.8 Å². The maximum absolute atomic E-state index is 13.3. The molecule has 0 aromatic heterocycles. The molecule has 1 saturated heterocycles. The third-order valence-corrected chi connectivity index (χ3v) is 7.93. The van der Waals surface area contributed by atoms with Gasteiger partial charge >= 0.3 is 11.2 Å². The Bertz CT molecular complexity index is 1350. The summed E-state index contributed by atoms with van der Waals surface area (Å²) in [7, 11) is -3.95. The van der Waals surface area contributed by atoms with Crippen LogP contribution < -0.4 is 31.4 Å². The number of hydrogen-bond donors (Lipinski definition) is 5. The molecule has 1 aliphatic heterocycles. The van der Waals surface area contributed by atoms with Crippen molar-refractivity contribution in [2.75, 3.05) is 24.6 Å². The van der Waals surface area contributed by atoms with Crippen LogP contribution in [0.4, 0.5) is 5.69 Å². The zero-order chi connectivity index (χ0) is 30.0. The number of carbonyl (C=O) groups is 3. The van der Waals surface area contributed by atoms with Crippen molar-refractivity contribution in [3.8, 4) is 0 Å². The third kappa shape index (κ3) is 8.56. The molecule has 0 aliphatic carbocycles. The number of carbonyl (C=O) groups excluding carboxylic acids is 3. The maximum atomic E-state index is 13.3. The minimum atomic E-state index is -3.95. The average Bonchev–Trinajstić information content (AvgIpc) is 3.45. The van der Waals surface area contributed by atoms with Gasteiger partial charge in [0.05, 0.1) is 11.4 Å². The Morgan fingerprint density at radius 2 is 1.83 bits per heavy atom. The molecule has 1 fully saturated rings. The number of anilines is 1. The van der Waals surface area contributed by atoms with E-state index in [1.807, 2.05) is 6.92 Å². The molecule has 0 saturated carbocycles.